The third-order valence-electron chi connectivity index (χ3n) is 2.31. The van der Waals surface area contributed by atoms with E-state index < -0.39 is 11.7 Å². The van der Waals surface area contributed by atoms with Gasteiger partial charge in [-0.25, -0.2) is 0 Å². The number of aryl methyl sites for hydroxylation is 1. The molecule has 1 aromatic carbocycles. The van der Waals surface area contributed by atoms with Crippen LogP contribution in [0.5, 0.6) is 0 Å². The molecule has 0 fully saturated rings. The Bertz CT molecular complexity index is 331. The largest absolute Gasteiger partial charge is 0.416 e. The van der Waals surface area contributed by atoms with Gasteiger partial charge in [0.05, 0.1) is 5.56 Å². The predicted molar refractivity (Wildman–Crippen MR) is 53.8 cm³/mol. The Kier molecular flexibility index (Phi) is 3.74. The van der Waals surface area contributed by atoms with E-state index in [0.29, 0.717) is 5.56 Å². The SMILES string of the molecule is CNCCc1ccc(C(F)(F)F)cc1C. The molecule has 0 aliphatic heterocycles. The monoisotopic (exact) mass is 217 g/mol. The van der Waals surface area contributed by atoms with Crippen LogP contribution < -0.4 is 5.32 Å². The molecule has 0 aromatic heterocycles. The molecule has 0 aliphatic carbocycles. The molecule has 0 unspecified atom stereocenters. The van der Waals surface area contributed by atoms with Gasteiger partial charge >= 0.3 is 6.18 Å². The molecular formula is C11H14F3N. The van der Waals surface area contributed by atoms with Gasteiger partial charge in [0, 0.05) is 0 Å². The van der Waals surface area contributed by atoms with Gasteiger partial charge in [-0.1, -0.05) is 6.07 Å². The van der Waals surface area contributed by atoms with Gasteiger partial charge in [0.25, 0.3) is 0 Å². The minimum absolute atomic E-state index is 0.576. The Labute approximate surface area is 87.3 Å². The summed E-state index contributed by atoms with van der Waals surface area (Å²) in [4.78, 5) is 0. The number of hydrogen-bond donors (Lipinski definition) is 1. The summed E-state index contributed by atoms with van der Waals surface area (Å²) in [7, 11) is 1.82. The molecule has 15 heavy (non-hydrogen) atoms. The zero-order valence-corrected chi connectivity index (χ0v) is 8.78. The van der Waals surface area contributed by atoms with Crippen LogP contribution in [0.1, 0.15) is 16.7 Å². The Morgan fingerprint density at radius 2 is 1.93 bits per heavy atom. The highest BCUT2D eigenvalue weighted by Crippen LogP contribution is 2.30. The van der Waals surface area contributed by atoms with Crippen molar-refractivity contribution in [3.63, 3.8) is 0 Å². The molecule has 0 atom stereocenters. The Hall–Kier alpha value is -1.03. The lowest BCUT2D eigenvalue weighted by atomic mass is 10.0. The molecular weight excluding hydrogens is 203 g/mol. The summed E-state index contributed by atoms with van der Waals surface area (Å²) in [5, 5.41) is 2.97. The zero-order chi connectivity index (χ0) is 11.5. The van der Waals surface area contributed by atoms with Gasteiger partial charge in [-0.3, -0.25) is 0 Å². The quantitative estimate of drug-likeness (QED) is 0.820. The Morgan fingerprint density at radius 3 is 2.40 bits per heavy atom. The molecule has 0 saturated carbocycles. The van der Waals surface area contributed by atoms with Crippen molar-refractivity contribution in [2.24, 2.45) is 0 Å². The van der Waals surface area contributed by atoms with Gasteiger partial charge in [0.15, 0.2) is 0 Å². The number of halogens is 3. The maximum Gasteiger partial charge on any atom is 0.416 e. The molecule has 4 heteroatoms. The van der Waals surface area contributed by atoms with Crippen LogP contribution in [0.15, 0.2) is 18.2 Å². The number of alkyl halides is 3. The van der Waals surface area contributed by atoms with Crippen LogP contribution in [0.25, 0.3) is 0 Å². The molecule has 1 N–H and O–H groups in total. The van der Waals surface area contributed by atoms with E-state index in [2.05, 4.69) is 5.32 Å². The van der Waals surface area contributed by atoms with Crippen molar-refractivity contribution in [3.05, 3.63) is 34.9 Å². The second kappa shape index (κ2) is 4.66. The summed E-state index contributed by atoms with van der Waals surface area (Å²) in [6, 6.07) is 3.89. The number of nitrogens with one attached hydrogen (secondary N) is 1. The Morgan fingerprint density at radius 1 is 1.27 bits per heavy atom. The van der Waals surface area contributed by atoms with Crippen LogP contribution in [-0.4, -0.2) is 13.6 Å². The van der Waals surface area contributed by atoms with Crippen molar-refractivity contribution >= 4 is 0 Å². The van der Waals surface area contributed by atoms with E-state index in [0.717, 1.165) is 24.6 Å². The summed E-state index contributed by atoms with van der Waals surface area (Å²) in [6.07, 6.45) is -3.49. The third-order valence-corrected chi connectivity index (χ3v) is 2.31. The molecule has 0 amide bonds. The smallest absolute Gasteiger partial charge is 0.319 e. The van der Waals surface area contributed by atoms with Crippen molar-refractivity contribution in [1.29, 1.82) is 0 Å². The van der Waals surface area contributed by atoms with Gasteiger partial charge in [-0.15, -0.1) is 0 Å². The van der Waals surface area contributed by atoms with Crippen molar-refractivity contribution < 1.29 is 13.2 Å². The number of benzene rings is 1. The molecule has 1 nitrogen and oxygen atoms in total. The summed E-state index contributed by atoms with van der Waals surface area (Å²) < 4.78 is 37.0. The molecule has 1 rings (SSSR count). The van der Waals surface area contributed by atoms with E-state index in [1.165, 1.54) is 6.07 Å². The highest BCUT2D eigenvalue weighted by molar-refractivity contribution is 5.32. The van der Waals surface area contributed by atoms with E-state index in [-0.39, 0.29) is 0 Å². The molecule has 0 saturated heterocycles. The highest BCUT2D eigenvalue weighted by Gasteiger charge is 2.30. The van der Waals surface area contributed by atoms with E-state index in [1.54, 1.807) is 13.0 Å². The van der Waals surface area contributed by atoms with Crippen molar-refractivity contribution in [1.82, 2.24) is 5.32 Å². The predicted octanol–water partition coefficient (Wildman–Crippen LogP) is 2.78. The zero-order valence-electron chi connectivity index (χ0n) is 8.78. The molecule has 0 spiro atoms. The van der Waals surface area contributed by atoms with Crippen LogP contribution in [0.4, 0.5) is 13.2 Å². The molecule has 1 aromatic rings. The van der Waals surface area contributed by atoms with Crippen molar-refractivity contribution in [2.45, 2.75) is 19.5 Å². The fourth-order valence-corrected chi connectivity index (χ4v) is 1.41. The summed E-state index contributed by atoms with van der Waals surface area (Å²) in [5.74, 6) is 0. The van der Waals surface area contributed by atoms with Crippen LogP contribution in [0, 0.1) is 6.92 Å². The fourth-order valence-electron chi connectivity index (χ4n) is 1.41. The lowest BCUT2D eigenvalue weighted by Crippen LogP contribution is -2.12. The summed E-state index contributed by atoms with van der Waals surface area (Å²) in [6.45, 7) is 2.48. The topological polar surface area (TPSA) is 12.0 Å². The van der Waals surface area contributed by atoms with E-state index >= 15 is 0 Å². The number of likely N-dealkylation sites (N-methyl/N-ethyl adjacent to an activating group) is 1. The maximum atomic E-state index is 12.3. The van der Waals surface area contributed by atoms with Gasteiger partial charge in [-0.2, -0.15) is 13.2 Å². The lowest BCUT2D eigenvalue weighted by molar-refractivity contribution is -0.137. The minimum Gasteiger partial charge on any atom is -0.319 e. The van der Waals surface area contributed by atoms with E-state index in [4.69, 9.17) is 0 Å². The first-order valence-electron chi connectivity index (χ1n) is 4.76. The van der Waals surface area contributed by atoms with Gasteiger partial charge in [-0.05, 0) is 50.2 Å². The molecule has 0 bridgehead atoms. The minimum atomic E-state index is -4.24. The molecule has 84 valence electrons. The van der Waals surface area contributed by atoms with Crippen molar-refractivity contribution in [3.8, 4) is 0 Å². The fraction of sp³-hybridized carbons (Fsp3) is 0.455. The van der Waals surface area contributed by atoms with Crippen LogP contribution in [0.2, 0.25) is 0 Å². The van der Waals surface area contributed by atoms with Gasteiger partial charge in [0.1, 0.15) is 0 Å². The first-order chi connectivity index (χ1) is 6.95. The van der Waals surface area contributed by atoms with Crippen LogP contribution in [-0.2, 0) is 12.6 Å². The normalized spacial score (nSPS) is 11.8. The third kappa shape index (κ3) is 3.23. The van der Waals surface area contributed by atoms with Gasteiger partial charge < -0.3 is 5.32 Å². The first kappa shape index (κ1) is 12.0. The van der Waals surface area contributed by atoms with E-state index in [9.17, 15) is 13.2 Å². The maximum absolute atomic E-state index is 12.3. The molecule has 0 heterocycles. The standard InChI is InChI=1S/C11H14F3N/c1-8-7-10(11(12,13)14)4-3-9(8)5-6-15-2/h3-4,7,15H,5-6H2,1-2H3. The number of rotatable bonds is 3. The summed E-state index contributed by atoms with van der Waals surface area (Å²) in [5.41, 5.74) is 1.07. The second-order valence-corrected chi connectivity index (χ2v) is 3.49. The second-order valence-electron chi connectivity index (χ2n) is 3.49. The average molecular weight is 217 g/mol. The van der Waals surface area contributed by atoms with Gasteiger partial charge in [0.2, 0.25) is 0 Å². The van der Waals surface area contributed by atoms with Crippen LogP contribution >= 0.6 is 0 Å². The molecule has 0 aliphatic rings. The van der Waals surface area contributed by atoms with Crippen molar-refractivity contribution in [2.75, 3.05) is 13.6 Å². The lowest BCUT2D eigenvalue weighted by Gasteiger charge is -2.10. The number of hydrogen-bond acceptors (Lipinski definition) is 1. The Balaban J connectivity index is 2.88. The summed E-state index contributed by atoms with van der Waals surface area (Å²) >= 11 is 0. The van der Waals surface area contributed by atoms with E-state index in [1.807, 2.05) is 7.05 Å². The highest BCUT2D eigenvalue weighted by atomic mass is 19.4. The first-order valence-corrected chi connectivity index (χ1v) is 4.76. The van der Waals surface area contributed by atoms with Crippen LogP contribution in [0.3, 0.4) is 0 Å². The average Bonchev–Trinajstić information content (AvgIpc) is 2.14. The molecule has 0 radical (unpaired) electrons.